The maximum absolute atomic E-state index is 11.0. The summed E-state index contributed by atoms with van der Waals surface area (Å²) in [4.78, 5) is 11.0. The molecule has 3 rings (SSSR count). The van der Waals surface area contributed by atoms with Gasteiger partial charge in [0.15, 0.2) is 0 Å². The van der Waals surface area contributed by atoms with Crippen molar-refractivity contribution >= 4 is 5.97 Å². The number of unbranched alkanes of at least 4 members (excludes halogenated alkanes) is 4. The van der Waals surface area contributed by atoms with E-state index in [4.69, 9.17) is 9.84 Å². The number of hydrogen-bond acceptors (Lipinski definition) is 6. The third-order valence-electron chi connectivity index (χ3n) is 6.94. The first-order valence-corrected chi connectivity index (χ1v) is 14.3. The van der Waals surface area contributed by atoms with Crippen molar-refractivity contribution in [3.8, 4) is 16.9 Å². The van der Waals surface area contributed by atoms with E-state index in [-0.39, 0.29) is 18.8 Å². The number of hydrogen-bond donors (Lipinski definition) is 5. The van der Waals surface area contributed by atoms with Gasteiger partial charge >= 0.3 is 5.97 Å². The van der Waals surface area contributed by atoms with Gasteiger partial charge in [0.05, 0.1) is 19.1 Å². The molecule has 0 aliphatic heterocycles. The minimum Gasteiger partial charge on any atom is -0.508 e. The van der Waals surface area contributed by atoms with E-state index in [1.165, 1.54) is 11.6 Å². The van der Waals surface area contributed by atoms with Crippen LogP contribution in [0, 0.1) is 0 Å². The molecule has 1 atom stereocenters. The highest BCUT2D eigenvalue weighted by molar-refractivity contribution is 5.72. The molecule has 40 heavy (non-hydrogen) atoms. The summed E-state index contributed by atoms with van der Waals surface area (Å²) in [6, 6.07) is 21.0. The van der Waals surface area contributed by atoms with Crippen molar-refractivity contribution in [1.82, 2.24) is 5.32 Å². The number of aliphatic hydroxyl groups is 2. The molecule has 0 fully saturated rings. The Morgan fingerprint density at radius 1 is 0.825 bits per heavy atom. The number of aromatic hydroxyl groups is 1. The van der Waals surface area contributed by atoms with Crippen LogP contribution in [0.2, 0.25) is 0 Å². The SMILES string of the molecule is O=C(O)Cc1cccc(-c2cccc(CCCCOCCCCCCNC[C@H](O)c3ccc(O)c(CO)c3)c2)c1. The smallest absolute Gasteiger partial charge is 0.307 e. The zero-order valence-corrected chi connectivity index (χ0v) is 23.2. The van der Waals surface area contributed by atoms with Gasteiger partial charge in [0.25, 0.3) is 0 Å². The Bertz CT molecular complexity index is 1180. The number of nitrogens with one attached hydrogen (secondary N) is 1. The molecule has 0 bridgehead atoms. The predicted molar refractivity (Wildman–Crippen MR) is 157 cm³/mol. The normalized spacial score (nSPS) is 11.9. The van der Waals surface area contributed by atoms with Crippen LogP contribution in [-0.2, 0) is 29.0 Å². The Morgan fingerprint density at radius 2 is 1.50 bits per heavy atom. The molecule has 7 heteroatoms. The highest BCUT2D eigenvalue weighted by atomic mass is 16.5. The zero-order chi connectivity index (χ0) is 28.6. The number of rotatable bonds is 19. The molecule has 3 aromatic carbocycles. The number of carboxylic acids is 1. The van der Waals surface area contributed by atoms with E-state index >= 15 is 0 Å². The van der Waals surface area contributed by atoms with Crippen molar-refractivity contribution in [2.45, 2.75) is 64.1 Å². The summed E-state index contributed by atoms with van der Waals surface area (Å²) in [5.41, 5.74) is 5.35. The second-order valence-electron chi connectivity index (χ2n) is 10.2. The minimum absolute atomic E-state index is 0.0344. The predicted octanol–water partition coefficient (Wildman–Crippen LogP) is 5.40. The maximum atomic E-state index is 11.0. The van der Waals surface area contributed by atoms with E-state index in [2.05, 4.69) is 29.6 Å². The van der Waals surface area contributed by atoms with Crippen LogP contribution in [0.25, 0.3) is 11.1 Å². The lowest BCUT2D eigenvalue weighted by molar-refractivity contribution is -0.136. The monoisotopic (exact) mass is 549 g/mol. The Morgan fingerprint density at radius 3 is 2.23 bits per heavy atom. The Kier molecular flexibility index (Phi) is 13.7. The number of aryl methyl sites for hydroxylation is 1. The molecule has 0 saturated heterocycles. The van der Waals surface area contributed by atoms with Gasteiger partial charge in [-0.3, -0.25) is 4.79 Å². The lowest BCUT2D eigenvalue weighted by atomic mass is 9.98. The number of aliphatic hydroxyl groups excluding tert-OH is 2. The van der Waals surface area contributed by atoms with E-state index in [1.54, 1.807) is 12.1 Å². The molecule has 0 heterocycles. The second kappa shape index (κ2) is 17.5. The molecule has 7 nitrogen and oxygen atoms in total. The van der Waals surface area contributed by atoms with Crippen LogP contribution in [0.5, 0.6) is 5.75 Å². The lowest BCUT2D eigenvalue weighted by Gasteiger charge is -2.14. The first kappa shape index (κ1) is 31.3. The van der Waals surface area contributed by atoms with Gasteiger partial charge in [-0.25, -0.2) is 0 Å². The summed E-state index contributed by atoms with van der Waals surface area (Å²) < 4.78 is 5.81. The van der Waals surface area contributed by atoms with Crippen LogP contribution in [-0.4, -0.2) is 52.7 Å². The van der Waals surface area contributed by atoms with Gasteiger partial charge in [0.2, 0.25) is 0 Å². The van der Waals surface area contributed by atoms with Crippen LogP contribution in [0.3, 0.4) is 0 Å². The molecule has 0 radical (unpaired) electrons. The topological polar surface area (TPSA) is 119 Å². The van der Waals surface area contributed by atoms with Crippen LogP contribution in [0.4, 0.5) is 0 Å². The Labute approximate surface area is 237 Å². The van der Waals surface area contributed by atoms with Crippen molar-refractivity contribution in [2.24, 2.45) is 0 Å². The number of carboxylic acid groups (broad SMARTS) is 1. The van der Waals surface area contributed by atoms with E-state index < -0.39 is 12.1 Å². The first-order chi connectivity index (χ1) is 19.5. The van der Waals surface area contributed by atoms with Gasteiger partial charge in [-0.2, -0.15) is 0 Å². The maximum Gasteiger partial charge on any atom is 0.307 e. The molecule has 3 aromatic rings. The average Bonchev–Trinajstić information content (AvgIpc) is 2.95. The Balaban J connectivity index is 1.19. The van der Waals surface area contributed by atoms with Crippen LogP contribution in [0.1, 0.15) is 66.9 Å². The van der Waals surface area contributed by atoms with Crippen molar-refractivity contribution < 1.29 is 30.0 Å². The minimum atomic E-state index is -0.819. The average molecular weight is 550 g/mol. The van der Waals surface area contributed by atoms with Crippen molar-refractivity contribution in [3.63, 3.8) is 0 Å². The van der Waals surface area contributed by atoms with Gasteiger partial charge in [0.1, 0.15) is 5.75 Å². The molecule has 0 aliphatic rings. The van der Waals surface area contributed by atoms with Gasteiger partial charge in [-0.1, -0.05) is 67.4 Å². The molecule has 0 saturated carbocycles. The molecule has 0 aliphatic carbocycles. The fourth-order valence-corrected chi connectivity index (χ4v) is 4.68. The second-order valence-corrected chi connectivity index (χ2v) is 10.2. The lowest BCUT2D eigenvalue weighted by Crippen LogP contribution is -2.22. The number of ether oxygens (including phenoxy) is 1. The molecule has 216 valence electrons. The van der Waals surface area contributed by atoms with Gasteiger partial charge in [-0.05, 0) is 78.6 Å². The summed E-state index contributed by atoms with van der Waals surface area (Å²) >= 11 is 0. The number of carbonyl (C=O) groups is 1. The quantitative estimate of drug-likeness (QED) is 0.127. The number of phenols is 1. The molecular formula is C33H43NO6. The van der Waals surface area contributed by atoms with Gasteiger partial charge < -0.3 is 30.5 Å². The molecule has 0 spiro atoms. The molecule has 0 unspecified atom stereocenters. The third kappa shape index (κ3) is 11.1. The van der Waals surface area contributed by atoms with Gasteiger partial charge in [-0.15, -0.1) is 0 Å². The summed E-state index contributed by atoms with van der Waals surface area (Å²) in [7, 11) is 0. The highest BCUT2D eigenvalue weighted by Gasteiger charge is 2.10. The van der Waals surface area contributed by atoms with Gasteiger partial charge in [0, 0.05) is 25.3 Å². The summed E-state index contributed by atoms with van der Waals surface area (Å²) in [6.45, 7) is 2.56. The van der Waals surface area contributed by atoms with Crippen LogP contribution >= 0.6 is 0 Å². The van der Waals surface area contributed by atoms with Crippen LogP contribution in [0.15, 0.2) is 66.7 Å². The van der Waals surface area contributed by atoms with E-state index in [9.17, 15) is 20.1 Å². The molecule has 0 amide bonds. The fourth-order valence-electron chi connectivity index (χ4n) is 4.68. The van der Waals surface area contributed by atoms with Crippen molar-refractivity contribution in [1.29, 1.82) is 0 Å². The largest absolute Gasteiger partial charge is 0.508 e. The summed E-state index contributed by atoms with van der Waals surface area (Å²) in [5, 5.41) is 41.5. The van der Waals surface area contributed by atoms with E-state index in [1.807, 2.05) is 24.3 Å². The number of aliphatic carboxylic acids is 1. The van der Waals surface area contributed by atoms with E-state index in [0.29, 0.717) is 17.7 Å². The van der Waals surface area contributed by atoms with E-state index in [0.717, 1.165) is 81.4 Å². The molecule has 5 N–H and O–H groups in total. The first-order valence-electron chi connectivity index (χ1n) is 14.3. The molecular weight excluding hydrogens is 506 g/mol. The zero-order valence-electron chi connectivity index (χ0n) is 23.2. The fraction of sp³-hybridized carbons (Fsp3) is 0.424. The van der Waals surface area contributed by atoms with Crippen molar-refractivity contribution in [2.75, 3.05) is 26.3 Å². The highest BCUT2D eigenvalue weighted by Crippen LogP contribution is 2.23. The third-order valence-corrected chi connectivity index (χ3v) is 6.94. The van der Waals surface area contributed by atoms with Crippen molar-refractivity contribution in [3.05, 3.63) is 89.0 Å². The standard InChI is InChI=1S/C33H43NO6/c35-24-30-22-29(14-15-31(30)36)32(37)23-34-16-4-1-2-5-17-40-18-6-3-9-25-10-7-12-27(19-25)28-13-8-11-26(20-28)21-33(38)39/h7-8,10-15,19-20,22,32,34-37H,1-6,9,16-18,21,23-24H2,(H,38,39)/t32-/m0/s1. The molecule has 0 aromatic heterocycles. The summed E-state index contributed by atoms with van der Waals surface area (Å²) in [5.74, 6) is -0.780. The van der Waals surface area contributed by atoms with Crippen LogP contribution < -0.4 is 5.32 Å². The Hall–Kier alpha value is -3.23. The summed E-state index contributed by atoms with van der Waals surface area (Å²) in [6.07, 6.45) is 6.73. The number of benzene rings is 3.